The molecule has 8 nitrogen and oxygen atoms in total. The molecule has 5 rings (SSSR count). The molecule has 1 aromatic heterocycles. The van der Waals surface area contributed by atoms with Crippen LogP contribution < -0.4 is 5.32 Å². The van der Waals surface area contributed by atoms with Crippen LogP contribution in [0.25, 0.3) is 0 Å². The van der Waals surface area contributed by atoms with Gasteiger partial charge in [-0.05, 0) is 42.4 Å². The molecule has 2 aromatic rings. The highest BCUT2D eigenvalue weighted by Crippen LogP contribution is 2.40. The summed E-state index contributed by atoms with van der Waals surface area (Å²) in [4.78, 5) is 33.4. The fourth-order valence-electron chi connectivity index (χ4n) is 4.53. The molecule has 1 unspecified atom stereocenters. The van der Waals surface area contributed by atoms with Crippen molar-refractivity contribution in [3.8, 4) is 0 Å². The minimum atomic E-state index is -5.08. The third-order valence-electron chi connectivity index (χ3n) is 6.79. The Bertz CT molecular complexity index is 1160. The minimum Gasteiger partial charge on any atom is -0.475 e. The van der Waals surface area contributed by atoms with Crippen molar-refractivity contribution in [2.24, 2.45) is 0 Å². The van der Waals surface area contributed by atoms with Gasteiger partial charge in [0, 0.05) is 36.5 Å². The van der Waals surface area contributed by atoms with Gasteiger partial charge in [0.1, 0.15) is 0 Å². The summed E-state index contributed by atoms with van der Waals surface area (Å²) in [5.74, 6) is -1.96. The van der Waals surface area contributed by atoms with Gasteiger partial charge in [-0.25, -0.2) is 14.8 Å². The van der Waals surface area contributed by atoms with Crippen LogP contribution in [0.1, 0.15) is 67.2 Å². The van der Waals surface area contributed by atoms with Gasteiger partial charge in [-0.15, -0.1) is 0 Å². The first-order valence-electron chi connectivity index (χ1n) is 12.2. The average molecular weight is 521 g/mol. The monoisotopic (exact) mass is 520 g/mol. The molecule has 1 saturated heterocycles. The quantitative estimate of drug-likeness (QED) is 0.622. The number of nitrogens with one attached hydrogen (secondary N) is 1. The van der Waals surface area contributed by atoms with Gasteiger partial charge in [0.05, 0.1) is 24.3 Å². The molecular formula is C26H31F3N4O4. The largest absolute Gasteiger partial charge is 0.490 e. The summed E-state index contributed by atoms with van der Waals surface area (Å²) in [6.45, 7) is 9.06. The maximum atomic E-state index is 13.2. The number of carboxylic acids is 1. The zero-order valence-corrected chi connectivity index (χ0v) is 21.1. The highest BCUT2D eigenvalue weighted by Gasteiger charge is 2.46. The van der Waals surface area contributed by atoms with Crippen LogP contribution in [-0.2, 0) is 27.0 Å². The summed E-state index contributed by atoms with van der Waals surface area (Å²) < 4.78 is 37.7. The first-order valence-corrected chi connectivity index (χ1v) is 12.2. The number of hydrogen-bond acceptors (Lipinski definition) is 6. The van der Waals surface area contributed by atoms with Gasteiger partial charge in [-0.2, -0.15) is 13.2 Å². The second-order valence-electron chi connectivity index (χ2n) is 10.9. The number of fused-ring (bicyclic) bond motifs is 2. The van der Waals surface area contributed by atoms with Gasteiger partial charge in [-0.3, -0.25) is 4.79 Å². The first-order chi connectivity index (χ1) is 17.3. The van der Waals surface area contributed by atoms with Crippen LogP contribution in [0.15, 0.2) is 30.5 Å². The maximum Gasteiger partial charge on any atom is 0.490 e. The second-order valence-corrected chi connectivity index (χ2v) is 10.9. The predicted molar refractivity (Wildman–Crippen MR) is 129 cm³/mol. The first kappa shape index (κ1) is 26.8. The fourth-order valence-corrected chi connectivity index (χ4v) is 4.53. The number of carbonyl (C=O) groups excluding carboxylic acids is 1. The third kappa shape index (κ3) is 6.20. The summed E-state index contributed by atoms with van der Waals surface area (Å²) >= 11 is 0. The lowest BCUT2D eigenvalue weighted by atomic mass is 9.80. The number of ether oxygens (including phenoxy) is 1. The summed E-state index contributed by atoms with van der Waals surface area (Å²) in [5, 5.41) is 10.5. The number of amides is 1. The van der Waals surface area contributed by atoms with E-state index < -0.39 is 12.1 Å². The van der Waals surface area contributed by atoms with E-state index in [0.717, 1.165) is 29.8 Å². The topological polar surface area (TPSA) is 105 Å². The lowest BCUT2D eigenvalue weighted by Gasteiger charge is -2.34. The van der Waals surface area contributed by atoms with Crippen LogP contribution in [0.5, 0.6) is 0 Å². The lowest BCUT2D eigenvalue weighted by molar-refractivity contribution is -0.192. The van der Waals surface area contributed by atoms with Crippen molar-refractivity contribution in [3.05, 3.63) is 52.8 Å². The Morgan fingerprint density at radius 2 is 1.81 bits per heavy atom. The van der Waals surface area contributed by atoms with E-state index in [2.05, 4.69) is 43.2 Å². The molecule has 1 spiro atoms. The SMILES string of the molecule is CC(C)(C)c1ccc(C(=O)N2CCC3(COCc4cnc(NC5CC5)nc43)C2)cc1.O=C(O)C(F)(F)F. The molecule has 2 N–H and O–H groups in total. The fraction of sp³-hybridized carbons (Fsp3) is 0.538. The lowest BCUT2D eigenvalue weighted by Crippen LogP contribution is -2.41. The summed E-state index contributed by atoms with van der Waals surface area (Å²) in [6.07, 6.45) is 0.0469. The molecule has 11 heteroatoms. The molecule has 1 aliphatic carbocycles. The highest BCUT2D eigenvalue weighted by molar-refractivity contribution is 5.94. The number of anilines is 1. The number of carbonyl (C=O) groups is 2. The number of carboxylic acid groups (broad SMARTS) is 1. The van der Waals surface area contributed by atoms with E-state index in [1.165, 1.54) is 18.4 Å². The van der Waals surface area contributed by atoms with Crippen molar-refractivity contribution in [1.82, 2.24) is 14.9 Å². The van der Waals surface area contributed by atoms with Crippen molar-refractivity contribution in [3.63, 3.8) is 0 Å². The summed E-state index contributed by atoms with van der Waals surface area (Å²) in [5.41, 5.74) is 3.93. The van der Waals surface area contributed by atoms with E-state index in [1.807, 2.05) is 23.2 Å². The maximum absolute atomic E-state index is 13.2. The van der Waals surface area contributed by atoms with Crippen LogP contribution in [-0.4, -0.2) is 63.8 Å². The Morgan fingerprint density at radius 3 is 2.38 bits per heavy atom. The van der Waals surface area contributed by atoms with Crippen molar-refractivity contribution < 1.29 is 32.6 Å². The second kappa shape index (κ2) is 9.92. The smallest absolute Gasteiger partial charge is 0.475 e. The molecule has 200 valence electrons. The molecular weight excluding hydrogens is 489 g/mol. The number of aromatic nitrogens is 2. The normalized spacial score (nSPS) is 21.2. The zero-order valence-electron chi connectivity index (χ0n) is 21.1. The zero-order chi connectivity index (χ0) is 27.0. The van der Waals surface area contributed by atoms with Gasteiger partial charge >= 0.3 is 12.1 Å². The molecule has 0 bridgehead atoms. The Balaban J connectivity index is 0.000000405. The van der Waals surface area contributed by atoms with Gasteiger partial charge in [0.2, 0.25) is 5.95 Å². The third-order valence-corrected chi connectivity index (χ3v) is 6.79. The molecule has 0 radical (unpaired) electrons. The summed E-state index contributed by atoms with van der Waals surface area (Å²) in [6, 6.07) is 8.57. The van der Waals surface area contributed by atoms with E-state index in [4.69, 9.17) is 19.6 Å². The Morgan fingerprint density at radius 1 is 1.16 bits per heavy atom. The molecule has 3 aliphatic rings. The van der Waals surface area contributed by atoms with Crippen LogP contribution in [0.2, 0.25) is 0 Å². The number of hydrogen-bond donors (Lipinski definition) is 2. The number of alkyl halides is 3. The Labute approximate surface area is 213 Å². The number of halogens is 3. The van der Waals surface area contributed by atoms with Crippen LogP contribution in [0.4, 0.5) is 19.1 Å². The molecule has 1 amide bonds. The number of benzene rings is 1. The Hall–Kier alpha value is -3.21. The standard InChI is InChI=1S/C24H30N4O2.C2HF3O2/c1-23(2,3)18-6-4-16(5-7-18)21(29)28-11-10-24(14-28)15-30-13-17-12-25-22(27-20(17)24)26-19-8-9-19;3-2(4,5)1(6)7/h4-7,12,19H,8-11,13-15H2,1-3H3,(H,25,26,27);(H,6,7). The van der Waals surface area contributed by atoms with E-state index in [9.17, 15) is 18.0 Å². The van der Waals surface area contributed by atoms with Crippen molar-refractivity contribution in [1.29, 1.82) is 0 Å². The predicted octanol–water partition coefficient (Wildman–Crippen LogP) is 4.30. The van der Waals surface area contributed by atoms with Gasteiger partial charge < -0.3 is 20.1 Å². The van der Waals surface area contributed by atoms with E-state index in [1.54, 1.807) is 0 Å². The van der Waals surface area contributed by atoms with Crippen LogP contribution >= 0.6 is 0 Å². The van der Waals surface area contributed by atoms with Gasteiger partial charge in [0.15, 0.2) is 0 Å². The van der Waals surface area contributed by atoms with E-state index >= 15 is 0 Å². The average Bonchev–Trinajstić information content (AvgIpc) is 3.55. The van der Waals surface area contributed by atoms with E-state index in [0.29, 0.717) is 31.7 Å². The molecule has 2 aliphatic heterocycles. The van der Waals surface area contributed by atoms with Crippen molar-refractivity contribution in [2.45, 2.75) is 69.7 Å². The number of likely N-dealkylation sites (tertiary alicyclic amines) is 1. The van der Waals surface area contributed by atoms with Crippen LogP contribution in [0, 0.1) is 0 Å². The molecule has 1 saturated carbocycles. The molecule has 37 heavy (non-hydrogen) atoms. The Kier molecular flexibility index (Phi) is 7.20. The van der Waals surface area contributed by atoms with Crippen molar-refractivity contribution >= 4 is 17.8 Å². The molecule has 1 aromatic carbocycles. The minimum absolute atomic E-state index is 0.0777. The van der Waals surface area contributed by atoms with Crippen molar-refractivity contribution in [2.75, 3.05) is 25.0 Å². The summed E-state index contributed by atoms with van der Waals surface area (Å²) in [7, 11) is 0. The molecule has 1 atom stereocenters. The number of rotatable bonds is 3. The van der Waals surface area contributed by atoms with E-state index in [-0.39, 0.29) is 16.7 Å². The van der Waals surface area contributed by atoms with Crippen LogP contribution in [0.3, 0.4) is 0 Å². The van der Waals surface area contributed by atoms with Gasteiger partial charge in [0.25, 0.3) is 5.91 Å². The molecule has 2 fully saturated rings. The molecule has 3 heterocycles. The highest BCUT2D eigenvalue weighted by atomic mass is 19.4. The number of aliphatic carboxylic acids is 1. The van der Waals surface area contributed by atoms with Gasteiger partial charge in [-0.1, -0.05) is 32.9 Å². The number of nitrogens with zero attached hydrogens (tertiary/aromatic N) is 3.